The maximum Gasteiger partial charge on any atom is 0.314 e. The molecule has 0 radical (unpaired) electrons. The van der Waals surface area contributed by atoms with Crippen molar-refractivity contribution in [2.45, 2.75) is 62.3 Å². The van der Waals surface area contributed by atoms with Crippen LogP contribution in [0.4, 0.5) is 4.79 Å². The molecule has 11 heteroatoms. The third kappa shape index (κ3) is 5.99. The lowest BCUT2D eigenvalue weighted by Crippen LogP contribution is -2.60. The first-order valence-corrected chi connectivity index (χ1v) is 8.41. The molecule has 0 saturated carbocycles. The summed E-state index contributed by atoms with van der Waals surface area (Å²) in [7, 11) is 2.77. The van der Waals surface area contributed by atoms with Gasteiger partial charge in [0.15, 0.2) is 6.29 Å². The summed E-state index contributed by atoms with van der Waals surface area (Å²) < 4.78 is 15.7. The molecule has 26 heavy (non-hydrogen) atoms. The van der Waals surface area contributed by atoms with Crippen LogP contribution in [0.2, 0.25) is 0 Å². The van der Waals surface area contributed by atoms with Crippen molar-refractivity contribution in [2.75, 3.05) is 27.4 Å². The van der Waals surface area contributed by atoms with E-state index in [0.29, 0.717) is 0 Å². The number of carbonyl (C=O) groups excluding carboxylic acids is 1. The molecule has 154 valence electrons. The topological polar surface area (TPSA) is 170 Å². The molecular formula is C15H30N2O9. The van der Waals surface area contributed by atoms with E-state index in [4.69, 9.17) is 14.2 Å². The normalized spacial score (nSPS) is 32.5. The Kier molecular flexibility index (Phi) is 9.68. The van der Waals surface area contributed by atoms with Gasteiger partial charge in [-0.2, -0.15) is 0 Å². The van der Waals surface area contributed by atoms with Gasteiger partial charge in [-0.25, -0.2) is 4.79 Å². The standard InChI is InChI=1S/C15H30N2O9/c1-4-8(18)10(19)7(17-15(23)16-2)5-25-14-13(22)12(21)11(20)9(26-14)6-24-3/h7-14,18-22H,4-6H2,1-3H3,(H2,16,17,23)/t7-,8+,9?,10-,11?,12?,13?,14?/m0/s1. The molecule has 0 spiro atoms. The summed E-state index contributed by atoms with van der Waals surface area (Å²) in [6.07, 6.45) is -8.88. The summed E-state index contributed by atoms with van der Waals surface area (Å²) in [4.78, 5) is 11.5. The lowest BCUT2D eigenvalue weighted by atomic mass is 9.99. The summed E-state index contributed by atoms with van der Waals surface area (Å²) in [6, 6.07) is -1.61. The van der Waals surface area contributed by atoms with Gasteiger partial charge in [0.05, 0.1) is 25.4 Å². The second-order valence-corrected chi connectivity index (χ2v) is 6.10. The van der Waals surface area contributed by atoms with Gasteiger partial charge in [-0.3, -0.25) is 0 Å². The molecule has 11 nitrogen and oxygen atoms in total. The fourth-order valence-electron chi connectivity index (χ4n) is 2.53. The second kappa shape index (κ2) is 10.9. The molecule has 2 amide bonds. The third-order valence-corrected chi connectivity index (χ3v) is 4.21. The van der Waals surface area contributed by atoms with E-state index in [0.717, 1.165) is 0 Å². The van der Waals surface area contributed by atoms with Crippen LogP contribution in [0, 0.1) is 0 Å². The fourth-order valence-corrected chi connectivity index (χ4v) is 2.53. The number of nitrogens with one attached hydrogen (secondary N) is 2. The molecule has 1 fully saturated rings. The summed E-state index contributed by atoms with van der Waals surface area (Å²) in [5, 5.41) is 54.5. The van der Waals surface area contributed by atoms with E-state index < -0.39 is 55.0 Å². The van der Waals surface area contributed by atoms with Crippen LogP contribution in [0.5, 0.6) is 0 Å². The molecule has 1 heterocycles. The van der Waals surface area contributed by atoms with Crippen LogP contribution in [0.1, 0.15) is 13.3 Å². The average molecular weight is 382 g/mol. The van der Waals surface area contributed by atoms with E-state index in [1.807, 2.05) is 0 Å². The van der Waals surface area contributed by atoms with Crippen molar-refractivity contribution < 1.29 is 44.5 Å². The molecule has 7 N–H and O–H groups in total. The number of rotatable bonds is 9. The number of ether oxygens (including phenoxy) is 3. The Morgan fingerprint density at radius 1 is 1.19 bits per heavy atom. The zero-order chi connectivity index (χ0) is 19.9. The predicted octanol–water partition coefficient (Wildman–Crippen LogP) is -3.11. The zero-order valence-electron chi connectivity index (χ0n) is 15.1. The van der Waals surface area contributed by atoms with E-state index in [-0.39, 0.29) is 19.6 Å². The van der Waals surface area contributed by atoms with Gasteiger partial charge in [-0.15, -0.1) is 0 Å². The lowest BCUT2D eigenvalue weighted by molar-refractivity contribution is -0.304. The highest BCUT2D eigenvalue weighted by atomic mass is 16.7. The van der Waals surface area contributed by atoms with E-state index >= 15 is 0 Å². The minimum Gasteiger partial charge on any atom is -0.390 e. The van der Waals surface area contributed by atoms with Gasteiger partial charge in [0.1, 0.15) is 30.5 Å². The summed E-state index contributed by atoms with van der Waals surface area (Å²) in [5.41, 5.74) is 0. The number of aliphatic hydroxyl groups excluding tert-OH is 5. The van der Waals surface area contributed by atoms with Crippen LogP contribution in [0.25, 0.3) is 0 Å². The smallest absolute Gasteiger partial charge is 0.314 e. The van der Waals surface area contributed by atoms with Crippen molar-refractivity contribution in [1.29, 1.82) is 0 Å². The Balaban J connectivity index is 2.76. The van der Waals surface area contributed by atoms with E-state index in [1.54, 1.807) is 6.92 Å². The molecule has 0 aromatic heterocycles. The molecule has 0 bridgehead atoms. The lowest BCUT2D eigenvalue weighted by Gasteiger charge is -2.40. The second-order valence-electron chi connectivity index (χ2n) is 6.10. The highest BCUT2D eigenvalue weighted by Crippen LogP contribution is 2.22. The van der Waals surface area contributed by atoms with Crippen LogP contribution in [0.15, 0.2) is 0 Å². The third-order valence-electron chi connectivity index (χ3n) is 4.21. The van der Waals surface area contributed by atoms with Crippen LogP contribution < -0.4 is 10.6 Å². The molecule has 1 aliphatic heterocycles. The number of methoxy groups -OCH3 is 1. The number of carbonyl (C=O) groups is 1. The Labute approximate surface area is 151 Å². The van der Waals surface area contributed by atoms with Gasteiger partial charge in [0.2, 0.25) is 0 Å². The maximum atomic E-state index is 11.5. The number of hydrogen-bond donors (Lipinski definition) is 7. The number of amides is 2. The SMILES string of the molecule is CC[C@@H](O)[C@@H](O)[C@H](COC1OC(COC)C(O)C(O)C1O)NC(=O)NC. The van der Waals surface area contributed by atoms with Crippen molar-refractivity contribution in [2.24, 2.45) is 0 Å². The Bertz CT molecular complexity index is 428. The minimum atomic E-state index is -1.55. The molecule has 1 rings (SSSR count). The molecule has 1 saturated heterocycles. The van der Waals surface area contributed by atoms with Gasteiger partial charge in [0.25, 0.3) is 0 Å². The number of hydrogen-bond acceptors (Lipinski definition) is 9. The molecule has 5 unspecified atom stereocenters. The van der Waals surface area contributed by atoms with E-state index in [1.165, 1.54) is 14.2 Å². The highest BCUT2D eigenvalue weighted by Gasteiger charge is 2.44. The fraction of sp³-hybridized carbons (Fsp3) is 0.933. The van der Waals surface area contributed by atoms with Crippen molar-refractivity contribution in [3.8, 4) is 0 Å². The summed E-state index contributed by atoms with van der Waals surface area (Å²) in [5.74, 6) is 0. The van der Waals surface area contributed by atoms with Gasteiger partial charge >= 0.3 is 6.03 Å². The zero-order valence-corrected chi connectivity index (χ0v) is 15.1. The predicted molar refractivity (Wildman–Crippen MR) is 88.2 cm³/mol. The first kappa shape index (κ1) is 23.0. The number of aliphatic hydroxyl groups is 5. The van der Waals surface area contributed by atoms with Crippen LogP contribution in [-0.2, 0) is 14.2 Å². The minimum absolute atomic E-state index is 0.0398. The molecule has 8 atom stereocenters. The quantitative estimate of drug-likeness (QED) is 0.218. The van der Waals surface area contributed by atoms with Gasteiger partial charge < -0.3 is 50.4 Å². The number of urea groups is 1. The average Bonchev–Trinajstić information content (AvgIpc) is 2.64. The molecule has 1 aliphatic rings. The van der Waals surface area contributed by atoms with Crippen molar-refractivity contribution >= 4 is 6.03 Å². The Hall–Kier alpha value is -1.05. The van der Waals surface area contributed by atoms with Gasteiger partial charge in [0, 0.05) is 14.2 Å². The van der Waals surface area contributed by atoms with Crippen molar-refractivity contribution in [1.82, 2.24) is 10.6 Å². The maximum absolute atomic E-state index is 11.5. The van der Waals surface area contributed by atoms with Gasteiger partial charge in [-0.1, -0.05) is 6.92 Å². The van der Waals surface area contributed by atoms with Gasteiger partial charge in [-0.05, 0) is 6.42 Å². The Morgan fingerprint density at radius 3 is 2.38 bits per heavy atom. The summed E-state index contributed by atoms with van der Waals surface area (Å²) in [6.45, 7) is 1.30. The molecule has 0 aromatic carbocycles. The molecular weight excluding hydrogens is 352 g/mol. The van der Waals surface area contributed by atoms with Crippen molar-refractivity contribution in [3.05, 3.63) is 0 Å². The van der Waals surface area contributed by atoms with Crippen molar-refractivity contribution in [3.63, 3.8) is 0 Å². The van der Waals surface area contributed by atoms with E-state index in [2.05, 4.69) is 10.6 Å². The first-order chi connectivity index (χ1) is 12.3. The molecule has 0 aromatic rings. The summed E-state index contributed by atoms with van der Waals surface area (Å²) >= 11 is 0. The highest BCUT2D eigenvalue weighted by molar-refractivity contribution is 5.73. The van der Waals surface area contributed by atoms with E-state index in [9.17, 15) is 30.3 Å². The Morgan fingerprint density at radius 2 is 1.85 bits per heavy atom. The largest absolute Gasteiger partial charge is 0.390 e. The van der Waals surface area contributed by atoms with Crippen LogP contribution in [0.3, 0.4) is 0 Å². The molecule has 0 aliphatic carbocycles. The van der Waals surface area contributed by atoms with Crippen LogP contribution >= 0.6 is 0 Å². The first-order valence-electron chi connectivity index (χ1n) is 8.41. The van der Waals surface area contributed by atoms with Crippen LogP contribution in [-0.4, -0.2) is 108 Å². The monoisotopic (exact) mass is 382 g/mol.